The smallest absolute Gasteiger partial charge is 0.106 e. The number of rotatable bonds is 0. The Morgan fingerprint density at radius 3 is 3.00 bits per heavy atom. The normalized spacial score (nSPS) is 14.3. The third-order valence-electron chi connectivity index (χ3n) is 1.82. The van der Waals surface area contributed by atoms with E-state index in [9.17, 15) is 0 Å². The average Bonchev–Trinajstić information content (AvgIpc) is 2.43. The highest BCUT2D eigenvalue weighted by Gasteiger charge is 2.03. The fourth-order valence-electron chi connectivity index (χ4n) is 1.29. The molecule has 0 amide bonds. The molecule has 0 saturated heterocycles. The van der Waals surface area contributed by atoms with Crippen molar-refractivity contribution in [1.82, 2.24) is 0 Å². The molecule has 2 heteroatoms. The SMILES string of the molecule is C[C]1C=c2cc(C#N)ccc2=N1. The zero-order valence-corrected chi connectivity index (χ0v) is 6.70. The van der Waals surface area contributed by atoms with Gasteiger partial charge in [0.1, 0.15) is 6.04 Å². The fourth-order valence-corrected chi connectivity index (χ4v) is 1.29. The first-order chi connectivity index (χ1) is 5.79. The van der Waals surface area contributed by atoms with Crippen LogP contribution < -0.4 is 10.6 Å². The van der Waals surface area contributed by atoms with E-state index in [1.165, 1.54) is 0 Å². The van der Waals surface area contributed by atoms with Gasteiger partial charge in [-0.1, -0.05) is 0 Å². The van der Waals surface area contributed by atoms with Crippen LogP contribution in [0.15, 0.2) is 23.2 Å². The van der Waals surface area contributed by atoms with Gasteiger partial charge in [0, 0.05) is 0 Å². The van der Waals surface area contributed by atoms with Gasteiger partial charge in [-0.05, 0) is 36.4 Å². The van der Waals surface area contributed by atoms with Crippen molar-refractivity contribution >= 4 is 6.08 Å². The molecule has 0 atom stereocenters. The zero-order chi connectivity index (χ0) is 8.55. The first kappa shape index (κ1) is 7.05. The number of fused-ring (bicyclic) bond motifs is 1. The van der Waals surface area contributed by atoms with Crippen LogP contribution in [0.2, 0.25) is 0 Å². The lowest BCUT2D eigenvalue weighted by molar-refractivity contribution is 1.14. The molecular weight excluding hydrogens is 148 g/mol. The average molecular weight is 155 g/mol. The second-order valence-corrected chi connectivity index (χ2v) is 2.78. The van der Waals surface area contributed by atoms with Gasteiger partial charge in [0.25, 0.3) is 0 Å². The highest BCUT2D eigenvalue weighted by atomic mass is 14.8. The molecule has 2 rings (SSSR count). The van der Waals surface area contributed by atoms with Crippen LogP contribution in [0.5, 0.6) is 0 Å². The summed E-state index contributed by atoms with van der Waals surface area (Å²) >= 11 is 0. The maximum atomic E-state index is 8.63. The van der Waals surface area contributed by atoms with Crippen LogP contribution in [-0.2, 0) is 0 Å². The topological polar surface area (TPSA) is 36.1 Å². The predicted molar refractivity (Wildman–Crippen MR) is 45.3 cm³/mol. The van der Waals surface area contributed by atoms with Crippen LogP contribution in [0.4, 0.5) is 0 Å². The molecule has 0 fully saturated rings. The molecule has 1 radical (unpaired) electrons. The van der Waals surface area contributed by atoms with Crippen molar-refractivity contribution in [2.75, 3.05) is 0 Å². The van der Waals surface area contributed by atoms with Crippen LogP contribution in [0.1, 0.15) is 12.5 Å². The van der Waals surface area contributed by atoms with Gasteiger partial charge in [-0.3, -0.25) is 4.99 Å². The van der Waals surface area contributed by atoms with Crippen LogP contribution in [0.25, 0.3) is 6.08 Å². The molecule has 0 bridgehead atoms. The summed E-state index contributed by atoms with van der Waals surface area (Å²) in [5.41, 5.74) is 0.690. The second-order valence-electron chi connectivity index (χ2n) is 2.78. The van der Waals surface area contributed by atoms with Crippen LogP contribution in [0.3, 0.4) is 0 Å². The van der Waals surface area contributed by atoms with Crippen LogP contribution >= 0.6 is 0 Å². The highest BCUT2D eigenvalue weighted by molar-refractivity contribution is 5.45. The molecule has 1 aliphatic heterocycles. The Bertz CT molecular complexity index is 466. The maximum Gasteiger partial charge on any atom is 0.106 e. The summed E-state index contributed by atoms with van der Waals surface area (Å²) in [5.74, 6) is 0. The van der Waals surface area contributed by atoms with Crippen molar-refractivity contribution < 1.29 is 0 Å². The van der Waals surface area contributed by atoms with E-state index in [2.05, 4.69) is 11.1 Å². The summed E-state index contributed by atoms with van der Waals surface area (Å²) in [6.45, 7) is 1.95. The van der Waals surface area contributed by atoms with E-state index in [4.69, 9.17) is 5.26 Å². The maximum absolute atomic E-state index is 8.63. The van der Waals surface area contributed by atoms with Gasteiger partial charge in [0.2, 0.25) is 0 Å². The molecular formula is C10H7N2. The Morgan fingerprint density at radius 1 is 1.42 bits per heavy atom. The van der Waals surface area contributed by atoms with Crippen molar-refractivity contribution in [3.8, 4) is 6.07 Å². The Kier molecular flexibility index (Phi) is 1.44. The fraction of sp³-hybridized carbons (Fsp3) is 0.100. The van der Waals surface area contributed by atoms with Crippen LogP contribution in [-0.4, -0.2) is 0 Å². The molecule has 1 aliphatic rings. The summed E-state index contributed by atoms with van der Waals surface area (Å²) < 4.78 is 0. The molecule has 0 aromatic heterocycles. The van der Waals surface area contributed by atoms with E-state index in [1.54, 1.807) is 6.07 Å². The third-order valence-corrected chi connectivity index (χ3v) is 1.82. The van der Waals surface area contributed by atoms with Gasteiger partial charge in [-0.15, -0.1) is 0 Å². The van der Waals surface area contributed by atoms with Gasteiger partial charge in [-0.2, -0.15) is 5.26 Å². The molecule has 1 aromatic rings. The lowest BCUT2D eigenvalue weighted by Crippen LogP contribution is -2.20. The molecule has 1 heterocycles. The molecule has 0 spiro atoms. The van der Waals surface area contributed by atoms with Gasteiger partial charge in [-0.25, -0.2) is 0 Å². The highest BCUT2D eigenvalue weighted by Crippen LogP contribution is 2.03. The molecule has 0 aliphatic carbocycles. The minimum atomic E-state index is 0.690. The Balaban J connectivity index is 2.74. The standard InChI is InChI=1S/C10H7N2/c1-7-4-9-5-8(6-11)2-3-10(9)12-7/h2-5H,1H3. The molecule has 2 nitrogen and oxygen atoms in total. The van der Waals surface area contributed by atoms with Gasteiger partial charge >= 0.3 is 0 Å². The molecule has 12 heavy (non-hydrogen) atoms. The van der Waals surface area contributed by atoms with E-state index in [0.717, 1.165) is 16.6 Å². The minimum Gasteiger partial charge on any atom is -0.271 e. The van der Waals surface area contributed by atoms with Gasteiger partial charge in [0.05, 0.1) is 17.0 Å². The van der Waals surface area contributed by atoms with Crippen molar-refractivity contribution in [2.24, 2.45) is 4.99 Å². The first-order valence-electron chi connectivity index (χ1n) is 3.74. The van der Waals surface area contributed by atoms with Gasteiger partial charge in [0.15, 0.2) is 0 Å². The second kappa shape index (κ2) is 2.46. The monoisotopic (exact) mass is 155 g/mol. The Hall–Kier alpha value is -1.62. The predicted octanol–water partition coefficient (Wildman–Crippen LogP) is 0.524. The zero-order valence-electron chi connectivity index (χ0n) is 6.70. The quantitative estimate of drug-likeness (QED) is 0.538. The van der Waals surface area contributed by atoms with Crippen molar-refractivity contribution in [3.63, 3.8) is 0 Å². The lowest BCUT2D eigenvalue weighted by Gasteiger charge is -1.85. The number of hydrogen-bond acceptors (Lipinski definition) is 2. The Morgan fingerprint density at radius 2 is 2.25 bits per heavy atom. The largest absolute Gasteiger partial charge is 0.271 e. The lowest BCUT2D eigenvalue weighted by atomic mass is 10.2. The van der Waals surface area contributed by atoms with E-state index in [1.807, 2.05) is 25.1 Å². The summed E-state index contributed by atoms with van der Waals surface area (Å²) in [6, 6.07) is 8.62. The van der Waals surface area contributed by atoms with Crippen molar-refractivity contribution in [3.05, 3.63) is 40.4 Å². The molecule has 1 aromatic carbocycles. The first-order valence-corrected chi connectivity index (χ1v) is 3.74. The van der Waals surface area contributed by atoms with E-state index in [-0.39, 0.29) is 0 Å². The van der Waals surface area contributed by atoms with Gasteiger partial charge < -0.3 is 0 Å². The number of hydrogen-bond donors (Lipinski definition) is 0. The van der Waals surface area contributed by atoms with E-state index in [0.29, 0.717) is 5.56 Å². The number of nitriles is 1. The van der Waals surface area contributed by atoms with E-state index >= 15 is 0 Å². The van der Waals surface area contributed by atoms with Crippen LogP contribution in [0, 0.1) is 17.4 Å². The van der Waals surface area contributed by atoms with E-state index < -0.39 is 0 Å². The minimum absolute atomic E-state index is 0.690. The third kappa shape index (κ3) is 0.998. The van der Waals surface area contributed by atoms with Crippen molar-refractivity contribution in [1.29, 1.82) is 5.26 Å². The molecule has 0 unspecified atom stereocenters. The summed E-state index contributed by atoms with van der Waals surface area (Å²) in [7, 11) is 0. The van der Waals surface area contributed by atoms with Crippen molar-refractivity contribution in [2.45, 2.75) is 6.92 Å². The number of nitrogens with zero attached hydrogens (tertiary/aromatic N) is 2. The molecule has 57 valence electrons. The number of benzene rings is 1. The molecule has 0 N–H and O–H groups in total. The summed E-state index contributed by atoms with van der Waals surface area (Å²) in [5, 5.41) is 10.6. The summed E-state index contributed by atoms with van der Waals surface area (Å²) in [4.78, 5) is 4.28. The molecule has 0 saturated carbocycles. The Labute approximate surface area is 70.5 Å². The summed E-state index contributed by atoms with van der Waals surface area (Å²) in [6.07, 6.45) is 1.98.